The van der Waals surface area contributed by atoms with Crippen LogP contribution in [0.5, 0.6) is 0 Å². The third kappa shape index (κ3) is 5.38. The smallest absolute Gasteiger partial charge is 0.160 e. The standard InChI is InChI=1S/C52H36N4/c1-3-16-35(17-4-1)37-20-15-21-38(30-37)46-34-47(54-52(53-46)36-18-5-2-6-19-36)39-31-40(55-48-26-11-7-22-42(48)43-23-8-12-27-49(43)55)33-41(32-39)56-50-28-13-9-24-44(50)45-25-10-14-29-51(45)56/h1-34,42,48H. The predicted molar refractivity (Wildman–Crippen MR) is 232 cm³/mol. The van der Waals surface area contributed by atoms with Gasteiger partial charge in [0.05, 0.1) is 28.5 Å². The SMILES string of the molecule is C1=CC2c3ccccc3N(c3cc(-c4cc(-c5cccc(-c6ccccc6)c5)nc(-c5ccccc5)n4)cc(-n4c5ccccc5c5ccccc54)c3)C2C=C1. The van der Waals surface area contributed by atoms with E-state index in [0.29, 0.717) is 5.82 Å². The molecule has 0 saturated carbocycles. The molecule has 2 unspecified atom stereocenters. The van der Waals surface area contributed by atoms with Gasteiger partial charge in [0.15, 0.2) is 5.82 Å². The summed E-state index contributed by atoms with van der Waals surface area (Å²) >= 11 is 0. The lowest BCUT2D eigenvalue weighted by Gasteiger charge is -2.29. The summed E-state index contributed by atoms with van der Waals surface area (Å²) in [7, 11) is 0. The molecule has 0 N–H and O–H groups in total. The van der Waals surface area contributed by atoms with Crippen LogP contribution in [0.1, 0.15) is 11.5 Å². The summed E-state index contributed by atoms with van der Waals surface area (Å²) in [5.41, 5.74) is 14.2. The van der Waals surface area contributed by atoms with Gasteiger partial charge in [-0.05, 0) is 65.2 Å². The first kappa shape index (κ1) is 32.2. The van der Waals surface area contributed by atoms with Crippen molar-refractivity contribution >= 4 is 33.2 Å². The lowest BCUT2D eigenvalue weighted by molar-refractivity contribution is 0.744. The third-order valence-corrected chi connectivity index (χ3v) is 11.3. The number of anilines is 2. The largest absolute Gasteiger partial charge is 0.333 e. The number of fused-ring (bicyclic) bond motifs is 6. The second-order valence-electron chi connectivity index (χ2n) is 14.6. The molecule has 4 nitrogen and oxygen atoms in total. The molecule has 0 fully saturated rings. The summed E-state index contributed by atoms with van der Waals surface area (Å²) in [4.78, 5) is 13.1. The Labute approximate surface area is 326 Å². The molecule has 56 heavy (non-hydrogen) atoms. The van der Waals surface area contributed by atoms with Gasteiger partial charge in [0.25, 0.3) is 0 Å². The van der Waals surface area contributed by atoms with Crippen LogP contribution in [0.15, 0.2) is 206 Å². The van der Waals surface area contributed by atoms with Gasteiger partial charge >= 0.3 is 0 Å². The van der Waals surface area contributed by atoms with E-state index in [1.165, 1.54) is 38.6 Å². The molecule has 0 radical (unpaired) electrons. The number of rotatable bonds is 6. The van der Waals surface area contributed by atoms with E-state index in [9.17, 15) is 0 Å². The number of hydrogen-bond donors (Lipinski definition) is 0. The number of aromatic nitrogens is 3. The van der Waals surface area contributed by atoms with Crippen LogP contribution < -0.4 is 4.90 Å². The number of para-hydroxylation sites is 3. The van der Waals surface area contributed by atoms with Crippen LogP contribution in [0.4, 0.5) is 11.4 Å². The fourth-order valence-electron chi connectivity index (χ4n) is 8.75. The van der Waals surface area contributed by atoms with Crippen molar-refractivity contribution in [3.05, 3.63) is 212 Å². The van der Waals surface area contributed by atoms with Gasteiger partial charge in [-0.25, -0.2) is 9.97 Å². The van der Waals surface area contributed by atoms with Crippen molar-refractivity contribution in [2.24, 2.45) is 0 Å². The van der Waals surface area contributed by atoms with Gasteiger partial charge in [-0.2, -0.15) is 0 Å². The molecule has 0 bridgehead atoms. The number of hydrogen-bond acceptors (Lipinski definition) is 3. The molecule has 1 aliphatic heterocycles. The van der Waals surface area contributed by atoms with Crippen molar-refractivity contribution in [3.63, 3.8) is 0 Å². The summed E-state index contributed by atoms with van der Waals surface area (Å²) in [5.74, 6) is 0.961. The zero-order valence-corrected chi connectivity index (χ0v) is 30.6. The molecule has 9 aromatic rings. The molecule has 0 spiro atoms. The number of allylic oxidation sites excluding steroid dienone is 2. The van der Waals surface area contributed by atoms with Gasteiger partial charge < -0.3 is 9.47 Å². The molecule has 2 atom stereocenters. The Morgan fingerprint density at radius 3 is 1.77 bits per heavy atom. The van der Waals surface area contributed by atoms with Crippen molar-refractivity contribution in [3.8, 4) is 50.7 Å². The Kier molecular flexibility index (Phi) is 7.59. The monoisotopic (exact) mass is 716 g/mol. The Bertz CT molecular complexity index is 2940. The lowest BCUT2D eigenvalue weighted by Crippen LogP contribution is -2.28. The van der Waals surface area contributed by atoms with Crippen LogP contribution in [0.3, 0.4) is 0 Å². The Hall–Kier alpha value is -7.30. The molecule has 2 aliphatic rings. The lowest BCUT2D eigenvalue weighted by atomic mass is 9.91. The molecular weight excluding hydrogens is 681 g/mol. The molecule has 2 aromatic heterocycles. The molecule has 1 aliphatic carbocycles. The van der Waals surface area contributed by atoms with Crippen LogP contribution in [0.2, 0.25) is 0 Å². The van der Waals surface area contributed by atoms with E-state index < -0.39 is 0 Å². The highest BCUT2D eigenvalue weighted by molar-refractivity contribution is 6.09. The number of nitrogens with zero attached hydrogens (tertiary/aromatic N) is 4. The average molecular weight is 717 g/mol. The zero-order valence-electron chi connectivity index (χ0n) is 30.6. The summed E-state index contributed by atoms with van der Waals surface area (Å²) in [6.07, 6.45) is 9.05. The van der Waals surface area contributed by atoms with E-state index in [1.807, 2.05) is 6.07 Å². The van der Waals surface area contributed by atoms with Crippen molar-refractivity contribution in [1.82, 2.24) is 14.5 Å². The van der Waals surface area contributed by atoms with Gasteiger partial charge in [-0.3, -0.25) is 0 Å². The topological polar surface area (TPSA) is 34.0 Å². The summed E-state index contributed by atoms with van der Waals surface area (Å²) in [6.45, 7) is 0. The minimum absolute atomic E-state index is 0.153. The van der Waals surface area contributed by atoms with Gasteiger partial charge in [0.1, 0.15) is 0 Å². The second-order valence-corrected chi connectivity index (χ2v) is 14.6. The van der Waals surface area contributed by atoms with Crippen LogP contribution in [-0.2, 0) is 0 Å². The van der Waals surface area contributed by atoms with Gasteiger partial charge in [0, 0.05) is 50.4 Å². The first-order chi connectivity index (χ1) is 27.8. The maximum absolute atomic E-state index is 5.36. The second kappa shape index (κ2) is 13.2. The number of benzene rings is 7. The molecule has 7 aromatic carbocycles. The fraction of sp³-hybridized carbons (Fsp3) is 0.0385. The van der Waals surface area contributed by atoms with E-state index in [-0.39, 0.29) is 12.0 Å². The van der Waals surface area contributed by atoms with Crippen molar-refractivity contribution < 1.29 is 0 Å². The van der Waals surface area contributed by atoms with Gasteiger partial charge in [0.2, 0.25) is 0 Å². The highest BCUT2D eigenvalue weighted by Crippen LogP contribution is 2.49. The van der Waals surface area contributed by atoms with Gasteiger partial charge in [-0.1, -0.05) is 158 Å². The molecular formula is C52H36N4. The van der Waals surface area contributed by atoms with Crippen LogP contribution >= 0.6 is 0 Å². The summed E-state index contributed by atoms with van der Waals surface area (Å²) in [6, 6.07) is 65.1. The molecule has 0 amide bonds. The van der Waals surface area contributed by atoms with Crippen molar-refractivity contribution in [1.29, 1.82) is 0 Å². The van der Waals surface area contributed by atoms with Gasteiger partial charge in [-0.15, -0.1) is 0 Å². The van der Waals surface area contributed by atoms with Crippen LogP contribution in [0, 0.1) is 0 Å². The maximum atomic E-state index is 5.36. The Balaban J connectivity index is 1.17. The minimum Gasteiger partial charge on any atom is -0.333 e. The van der Waals surface area contributed by atoms with E-state index in [2.05, 4.69) is 210 Å². The normalized spacial score (nSPS) is 15.7. The third-order valence-electron chi connectivity index (χ3n) is 11.3. The first-order valence-corrected chi connectivity index (χ1v) is 19.2. The Morgan fingerprint density at radius 2 is 1.00 bits per heavy atom. The van der Waals surface area contributed by atoms with E-state index in [4.69, 9.17) is 9.97 Å². The van der Waals surface area contributed by atoms with E-state index in [0.717, 1.165) is 45.0 Å². The van der Waals surface area contributed by atoms with Crippen LogP contribution in [-0.4, -0.2) is 20.6 Å². The fourth-order valence-corrected chi connectivity index (χ4v) is 8.75. The first-order valence-electron chi connectivity index (χ1n) is 19.2. The molecule has 11 rings (SSSR count). The van der Waals surface area contributed by atoms with Crippen molar-refractivity contribution in [2.75, 3.05) is 4.90 Å². The molecule has 0 saturated heterocycles. The zero-order chi connectivity index (χ0) is 37.0. The Morgan fingerprint density at radius 1 is 0.411 bits per heavy atom. The summed E-state index contributed by atoms with van der Waals surface area (Å²) < 4.78 is 2.41. The highest BCUT2D eigenvalue weighted by Gasteiger charge is 2.37. The minimum atomic E-state index is 0.153. The van der Waals surface area contributed by atoms with E-state index in [1.54, 1.807) is 0 Å². The molecule has 264 valence electrons. The van der Waals surface area contributed by atoms with Crippen molar-refractivity contribution in [2.45, 2.75) is 12.0 Å². The molecule has 4 heteroatoms. The van der Waals surface area contributed by atoms with E-state index >= 15 is 0 Å². The summed E-state index contributed by atoms with van der Waals surface area (Å²) in [5, 5.41) is 2.46. The predicted octanol–water partition coefficient (Wildman–Crippen LogP) is 13.0. The van der Waals surface area contributed by atoms with Crippen LogP contribution in [0.25, 0.3) is 72.5 Å². The maximum Gasteiger partial charge on any atom is 0.160 e. The quantitative estimate of drug-likeness (QED) is 0.172. The molecule has 3 heterocycles. The average Bonchev–Trinajstić information content (AvgIpc) is 3.80. The highest BCUT2D eigenvalue weighted by atomic mass is 15.2.